The lowest BCUT2D eigenvalue weighted by Crippen LogP contribution is -2.36. The van der Waals surface area contributed by atoms with Crippen molar-refractivity contribution in [3.05, 3.63) is 0 Å². The van der Waals surface area contributed by atoms with Crippen LogP contribution < -0.4 is 5.73 Å². The van der Waals surface area contributed by atoms with Gasteiger partial charge in [-0.25, -0.2) is 0 Å². The molecule has 0 saturated heterocycles. The summed E-state index contributed by atoms with van der Waals surface area (Å²) in [6, 6.07) is 0. The van der Waals surface area contributed by atoms with E-state index >= 15 is 0 Å². The van der Waals surface area contributed by atoms with Crippen LogP contribution >= 0.6 is 0 Å². The highest BCUT2D eigenvalue weighted by Crippen LogP contribution is 2.39. The second-order valence-electron chi connectivity index (χ2n) is 4.00. The van der Waals surface area contributed by atoms with Gasteiger partial charge in [0.1, 0.15) is 0 Å². The van der Waals surface area contributed by atoms with Crippen molar-refractivity contribution in [2.75, 3.05) is 0 Å². The summed E-state index contributed by atoms with van der Waals surface area (Å²) in [6.07, 6.45) is 6.51. The van der Waals surface area contributed by atoms with Gasteiger partial charge in [-0.05, 0) is 25.7 Å². The first kappa shape index (κ1) is 7.29. The molecule has 11 heavy (non-hydrogen) atoms. The summed E-state index contributed by atoms with van der Waals surface area (Å²) in [6.45, 7) is 0. The molecule has 2 heteroatoms. The highest BCUT2D eigenvalue weighted by atomic mass is 16.1. The van der Waals surface area contributed by atoms with Crippen molar-refractivity contribution in [1.29, 1.82) is 0 Å². The zero-order valence-corrected chi connectivity index (χ0v) is 6.81. The minimum Gasteiger partial charge on any atom is -0.319 e. The first-order valence-corrected chi connectivity index (χ1v) is 4.56. The molecule has 0 unspecified atom stereocenters. The summed E-state index contributed by atoms with van der Waals surface area (Å²) in [5.74, 6) is 0.678. The second kappa shape index (κ2) is 2.31. The van der Waals surface area contributed by atoms with Gasteiger partial charge in [0.25, 0.3) is 0 Å². The van der Waals surface area contributed by atoms with Gasteiger partial charge in [0, 0.05) is 5.92 Å². The van der Waals surface area contributed by atoms with E-state index < -0.39 is 0 Å². The molecule has 0 aromatic rings. The fraction of sp³-hybridized carbons (Fsp3) is 0.889. The molecular weight excluding hydrogens is 138 g/mol. The van der Waals surface area contributed by atoms with Gasteiger partial charge in [0.05, 0.1) is 5.54 Å². The van der Waals surface area contributed by atoms with Crippen molar-refractivity contribution in [3.63, 3.8) is 0 Å². The summed E-state index contributed by atoms with van der Waals surface area (Å²) < 4.78 is 0. The van der Waals surface area contributed by atoms with Crippen molar-refractivity contribution in [2.45, 2.75) is 44.1 Å². The molecule has 2 N–H and O–H groups in total. The normalized spacial score (nSPS) is 28.8. The Kier molecular flexibility index (Phi) is 1.53. The van der Waals surface area contributed by atoms with Gasteiger partial charge in [0.15, 0.2) is 5.78 Å². The van der Waals surface area contributed by atoms with Crippen LogP contribution in [-0.4, -0.2) is 11.3 Å². The Bertz CT molecular complexity index is 178. The lowest BCUT2D eigenvalue weighted by molar-refractivity contribution is -0.124. The Labute approximate surface area is 67.1 Å². The van der Waals surface area contributed by atoms with Crippen molar-refractivity contribution in [3.8, 4) is 0 Å². The van der Waals surface area contributed by atoms with Gasteiger partial charge in [-0.15, -0.1) is 0 Å². The monoisotopic (exact) mass is 153 g/mol. The average Bonchev–Trinajstić information content (AvgIpc) is 2.54. The zero-order valence-electron chi connectivity index (χ0n) is 6.81. The number of carbonyl (C=O) groups excluding carboxylic acids is 1. The third kappa shape index (κ3) is 1.20. The first-order valence-electron chi connectivity index (χ1n) is 4.56. The molecule has 2 aliphatic carbocycles. The van der Waals surface area contributed by atoms with Crippen LogP contribution in [0.15, 0.2) is 0 Å². The molecule has 2 aliphatic rings. The minimum atomic E-state index is -0.366. The summed E-state index contributed by atoms with van der Waals surface area (Å²) in [5.41, 5.74) is 5.45. The van der Waals surface area contributed by atoms with Crippen LogP contribution in [0.1, 0.15) is 38.5 Å². The van der Waals surface area contributed by atoms with Crippen molar-refractivity contribution >= 4 is 5.78 Å². The summed E-state index contributed by atoms with van der Waals surface area (Å²) in [7, 11) is 0. The number of Topliss-reactive ketones (excluding diaryl/α,β-unsaturated/α-hetero) is 1. The molecule has 0 radical (unpaired) electrons. The van der Waals surface area contributed by atoms with E-state index in [0.29, 0.717) is 11.7 Å². The predicted octanol–water partition coefficient (Wildman–Crippen LogP) is 1.24. The first-order chi connectivity index (χ1) is 5.22. The molecule has 2 saturated carbocycles. The molecule has 0 spiro atoms. The van der Waals surface area contributed by atoms with E-state index in [-0.39, 0.29) is 5.54 Å². The summed E-state index contributed by atoms with van der Waals surface area (Å²) in [5, 5.41) is 0. The summed E-state index contributed by atoms with van der Waals surface area (Å²) in [4.78, 5) is 11.6. The van der Waals surface area contributed by atoms with E-state index in [4.69, 9.17) is 5.73 Å². The Morgan fingerprint density at radius 2 is 1.82 bits per heavy atom. The fourth-order valence-electron chi connectivity index (χ4n) is 1.98. The van der Waals surface area contributed by atoms with E-state index in [1.54, 1.807) is 0 Å². The zero-order chi connectivity index (χ0) is 7.90. The second-order valence-corrected chi connectivity index (χ2v) is 4.00. The van der Waals surface area contributed by atoms with Crippen LogP contribution in [0, 0.1) is 5.92 Å². The standard InChI is InChI=1S/C9H15NO/c10-9(5-6-9)8(11)7-3-1-2-4-7/h7H,1-6,10H2. The minimum absolute atomic E-state index is 0.322. The third-order valence-corrected chi connectivity index (χ3v) is 3.01. The molecule has 2 rings (SSSR count). The van der Waals surface area contributed by atoms with Gasteiger partial charge < -0.3 is 5.73 Å². The van der Waals surface area contributed by atoms with Gasteiger partial charge in [-0.2, -0.15) is 0 Å². The van der Waals surface area contributed by atoms with E-state index in [1.807, 2.05) is 0 Å². The lowest BCUT2D eigenvalue weighted by Gasteiger charge is -2.12. The lowest BCUT2D eigenvalue weighted by atomic mass is 9.95. The van der Waals surface area contributed by atoms with Gasteiger partial charge >= 0.3 is 0 Å². The quantitative estimate of drug-likeness (QED) is 0.648. The molecule has 0 amide bonds. The fourth-order valence-corrected chi connectivity index (χ4v) is 1.98. The molecule has 0 aromatic carbocycles. The Morgan fingerprint density at radius 1 is 1.27 bits per heavy atom. The maximum Gasteiger partial charge on any atom is 0.155 e. The topological polar surface area (TPSA) is 43.1 Å². The molecule has 2 fully saturated rings. The van der Waals surface area contributed by atoms with Crippen LogP contribution in [0.5, 0.6) is 0 Å². The van der Waals surface area contributed by atoms with E-state index in [0.717, 1.165) is 25.7 Å². The Hall–Kier alpha value is -0.370. The third-order valence-electron chi connectivity index (χ3n) is 3.01. The smallest absolute Gasteiger partial charge is 0.155 e. The van der Waals surface area contributed by atoms with Crippen molar-refractivity contribution < 1.29 is 4.79 Å². The summed E-state index contributed by atoms with van der Waals surface area (Å²) >= 11 is 0. The largest absolute Gasteiger partial charge is 0.319 e. The maximum atomic E-state index is 11.6. The average molecular weight is 153 g/mol. The molecule has 0 atom stereocenters. The highest BCUT2D eigenvalue weighted by Gasteiger charge is 2.48. The maximum absolute atomic E-state index is 11.6. The van der Waals surface area contributed by atoms with Crippen LogP contribution in [-0.2, 0) is 4.79 Å². The number of hydrogen-bond acceptors (Lipinski definition) is 2. The Morgan fingerprint density at radius 3 is 2.27 bits per heavy atom. The van der Waals surface area contributed by atoms with Crippen LogP contribution in [0.3, 0.4) is 0 Å². The van der Waals surface area contributed by atoms with Crippen LogP contribution in [0.4, 0.5) is 0 Å². The number of rotatable bonds is 2. The SMILES string of the molecule is NC1(C(=O)C2CCCC2)CC1. The number of nitrogens with two attached hydrogens (primary N) is 1. The molecule has 0 aromatic heterocycles. The number of hydrogen-bond donors (Lipinski definition) is 1. The Balaban J connectivity index is 1.98. The van der Waals surface area contributed by atoms with Crippen molar-refractivity contribution in [1.82, 2.24) is 0 Å². The molecule has 0 bridgehead atoms. The van der Waals surface area contributed by atoms with Crippen LogP contribution in [0.2, 0.25) is 0 Å². The van der Waals surface area contributed by atoms with Crippen LogP contribution in [0.25, 0.3) is 0 Å². The van der Waals surface area contributed by atoms with Gasteiger partial charge in [-0.1, -0.05) is 12.8 Å². The van der Waals surface area contributed by atoms with E-state index in [9.17, 15) is 4.79 Å². The van der Waals surface area contributed by atoms with Gasteiger partial charge in [0.2, 0.25) is 0 Å². The molecule has 2 nitrogen and oxygen atoms in total. The molecule has 0 aliphatic heterocycles. The molecular formula is C9H15NO. The number of ketones is 1. The van der Waals surface area contributed by atoms with E-state index in [1.165, 1.54) is 12.8 Å². The molecule has 0 heterocycles. The highest BCUT2D eigenvalue weighted by molar-refractivity contribution is 5.93. The molecule has 62 valence electrons. The predicted molar refractivity (Wildman–Crippen MR) is 43.1 cm³/mol. The van der Waals surface area contributed by atoms with E-state index in [2.05, 4.69) is 0 Å². The van der Waals surface area contributed by atoms with Crippen molar-refractivity contribution in [2.24, 2.45) is 11.7 Å². The number of carbonyl (C=O) groups is 1. The van der Waals surface area contributed by atoms with Gasteiger partial charge in [-0.3, -0.25) is 4.79 Å².